The van der Waals surface area contributed by atoms with Gasteiger partial charge < -0.3 is 5.32 Å². The van der Waals surface area contributed by atoms with Crippen LogP contribution in [0.2, 0.25) is 0 Å². The van der Waals surface area contributed by atoms with Gasteiger partial charge in [0.15, 0.2) is 5.69 Å². The molecule has 2 atom stereocenters. The lowest BCUT2D eigenvalue weighted by atomic mass is 10.00. The molecule has 1 aromatic carbocycles. The number of carbonyl (C=O) groups excluding carboxylic acids is 1. The van der Waals surface area contributed by atoms with Crippen LogP contribution in [0.1, 0.15) is 60.5 Å². The topological polar surface area (TPSA) is 61.0 Å². The zero-order valence-corrected chi connectivity index (χ0v) is 13.9. The normalized spacial score (nSPS) is 27.3. The molecule has 5 nitrogen and oxygen atoms in total. The quantitative estimate of drug-likeness (QED) is 0.912. The fourth-order valence-electron chi connectivity index (χ4n) is 4.28. The monoisotopic (exact) mass is 324 g/mol. The van der Waals surface area contributed by atoms with Gasteiger partial charge >= 0.3 is 0 Å². The van der Waals surface area contributed by atoms with Crippen LogP contribution >= 0.6 is 0 Å². The number of hydrogen-bond acceptors (Lipinski definition) is 3. The molecule has 2 saturated heterocycles. The molecule has 0 spiro atoms. The van der Waals surface area contributed by atoms with Crippen LogP contribution in [0.3, 0.4) is 0 Å². The second kappa shape index (κ2) is 5.59. The molecule has 1 unspecified atom stereocenters. The van der Waals surface area contributed by atoms with Crippen LogP contribution in [-0.2, 0) is 0 Å². The Morgan fingerprint density at radius 2 is 2.12 bits per heavy atom. The summed E-state index contributed by atoms with van der Waals surface area (Å²) in [6.45, 7) is 2.18. The number of rotatable bonds is 3. The number of amides is 1. The van der Waals surface area contributed by atoms with Crippen molar-refractivity contribution >= 4 is 16.8 Å². The third kappa shape index (κ3) is 2.51. The van der Waals surface area contributed by atoms with E-state index in [2.05, 4.69) is 38.6 Å². The number of fused-ring (bicyclic) bond motifs is 2. The van der Waals surface area contributed by atoms with E-state index in [0.717, 1.165) is 29.9 Å². The minimum absolute atomic E-state index is 0.0295. The number of aromatic amines is 1. The fraction of sp³-hybridized carbons (Fsp3) is 0.579. The summed E-state index contributed by atoms with van der Waals surface area (Å²) in [4.78, 5) is 15.3. The number of benzene rings is 1. The first-order valence-corrected chi connectivity index (χ1v) is 9.31. The van der Waals surface area contributed by atoms with Gasteiger partial charge in [-0.1, -0.05) is 6.07 Å². The molecule has 5 heteroatoms. The summed E-state index contributed by atoms with van der Waals surface area (Å²) in [5.41, 5.74) is 2.85. The van der Waals surface area contributed by atoms with E-state index in [0.29, 0.717) is 11.6 Å². The first kappa shape index (κ1) is 14.5. The minimum atomic E-state index is -0.0295. The number of nitrogens with one attached hydrogen (secondary N) is 2. The summed E-state index contributed by atoms with van der Waals surface area (Å²) in [7, 11) is 0. The predicted molar refractivity (Wildman–Crippen MR) is 93.2 cm³/mol. The van der Waals surface area contributed by atoms with E-state index in [-0.39, 0.29) is 11.9 Å². The molecule has 24 heavy (non-hydrogen) atoms. The fourth-order valence-corrected chi connectivity index (χ4v) is 4.28. The highest BCUT2D eigenvalue weighted by atomic mass is 16.2. The summed E-state index contributed by atoms with van der Waals surface area (Å²) in [5.74, 6) is 0.656. The number of H-pyrrole nitrogens is 1. The van der Waals surface area contributed by atoms with Crippen molar-refractivity contribution in [3.05, 3.63) is 29.5 Å². The summed E-state index contributed by atoms with van der Waals surface area (Å²) in [6, 6.07) is 7.39. The molecule has 1 amide bonds. The molecule has 1 saturated carbocycles. The van der Waals surface area contributed by atoms with E-state index in [1.807, 2.05) is 0 Å². The van der Waals surface area contributed by atoms with Crippen LogP contribution in [0.15, 0.2) is 18.2 Å². The van der Waals surface area contributed by atoms with Crippen molar-refractivity contribution in [2.75, 3.05) is 13.1 Å². The van der Waals surface area contributed by atoms with Crippen LogP contribution in [-0.4, -0.2) is 46.2 Å². The zero-order valence-electron chi connectivity index (χ0n) is 13.9. The number of aromatic nitrogens is 2. The van der Waals surface area contributed by atoms with Gasteiger partial charge in [0, 0.05) is 24.0 Å². The standard InChI is InChI=1S/C19H24N4O/c24-19(20-14-2-1-3-15-8-9-23(15)11-14)18-16-10-13(12-4-5-12)6-7-17(16)21-22-18/h6-7,10,12,14-15H,1-5,8-9,11H2,(H,20,24)(H,21,22)/t14-,15?/m1/s1. The van der Waals surface area contributed by atoms with E-state index >= 15 is 0 Å². The van der Waals surface area contributed by atoms with Crippen LogP contribution in [0.5, 0.6) is 0 Å². The average molecular weight is 324 g/mol. The molecule has 0 radical (unpaired) electrons. The number of hydrogen-bond donors (Lipinski definition) is 2. The molecule has 0 bridgehead atoms. The van der Waals surface area contributed by atoms with Crippen molar-refractivity contribution in [1.82, 2.24) is 20.4 Å². The van der Waals surface area contributed by atoms with Crippen molar-refractivity contribution in [2.45, 2.75) is 56.5 Å². The lowest BCUT2D eigenvalue weighted by Crippen LogP contribution is -2.52. The average Bonchev–Trinajstić information content (AvgIpc) is 3.34. The van der Waals surface area contributed by atoms with E-state index in [1.165, 1.54) is 44.2 Å². The molecular weight excluding hydrogens is 300 g/mol. The Bertz CT molecular complexity index is 779. The number of carbonyl (C=O) groups is 1. The van der Waals surface area contributed by atoms with Crippen molar-refractivity contribution in [1.29, 1.82) is 0 Å². The highest BCUT2D eigenvalue weighted by Gasteiger charge is 2.33. The molecule has 2 N–H and O–H groups in total. The molecule has 1 aromatic heterocycles. The van der Waals surface area contributed by atoms with E-state index < -0.39 is 0 Å². The molecule has 5 rings (SSSR count). The maximum atomic E-state index is 12.8. The van der Waals surface area contributed by atoms with Crippen LogP contribution in [0.4, 0.5) is 0 Å². The Balaban J connectivity index is 1.36. The Kier molecular flexibility index (Phi) is 3.37. The van der Waals surface area contributed by atoms with Gasteiger partial charge in [0.25, 0.3) is 5.91 Å². The second-order valence-electron chi connectivity index (χ2n) is 7.69. The molecule has 1 aliphatic carbocycles. The molecule has 126 valence electrons. The van der Waals surface area contributed by atoms with Crippen molar-refractivity contribution < 1.29 is 4.79 Å². The lowest BCUT2D eigenvalue weighted by Gasteiger charge is -2.40. The van der Waals surface area contributed by atoms with Crippen molar-refractivity contribution in [3.8, 4) is 0 Å². The molecule has 3 fully saturated rings. The van der Waals surface area contributed by atoms with Crippen LogP contribution in [0.25, 0.3) is 10.9 Å². The van der Waals surface area contributed by atoms with Gasteiger partial charge in [-0.05, 0) is 68.7 Å². The van der Waals surface area contributed by atoms with E-state index in [9.17, 15) is 4.79 Å². The highest BCUT2D eigenvalue weighted by Crippen LogP contribution is 2.41. The molecule has 3 aliphatic rings. The molecule has 2 aromatic rings. The van der Waals surface area contributed by atoms with Gasteiger partial charge in [0.1, 0.15) is 0 Å². The minimum Gasteiger partial charge on any atom is -0.347 e. The zero-order chi connectivity index (χ0) is 16.1. The Morgan fingerprint density at radius 3 is 2.92 bits per heavy atom. The SMILES string of the molecule is O=C(N[C@@H]1CCCC2CCN2C1)c1n[nH]c2ccc(C3CC3)cc12. The summed E-state index contributed by atoms with van der Waals surface area (Å²) >= 11 is 0. The maximum absolute atomic E-state index is 12.8. The summed E-state index contributed by atoms with van der Waals surface area (Å²) in [6.07, 6.45) is 7.43. The van der Waals surface area contributed by atoms with Gasteiger partial charge in [-0.25, -0.2) is 0 Å². The summed E-state index contributed by atoms with van der Waals surface area (Å²) in [5, 5.41) is 11.5. The van der Waals surface area contributed by atoms with Crippen LogP contribution in [0, 0.1) is 0 Å². The van der Waals surface area contributed by atoms with Gasteiger partial charge in [-0.2, -0.15) is 5.10 Å². The molecule has 2 aliphatic heterocycles. The van der Waals surface area contributed by atoms with Gasteiger partial charge in [0.2, 0.25) is 0 Å². The van der Waals surface area contributed by atoms with Gasteiger partial charge in [-0.3, -0.25) is 14.8 Å². The van der Waals surface area contributed by atoms with E-state index in [4.69, 9.17) is 0 Å². The maximum Gasteiger partial charge on any atom is 0.272 e. The first-order chi connectivity index (χ1) is 11.8. The third-order valence-corrected chi connectivity index (χ3v) is 6.00. The van der Waals surface area contributed by atoms with Crippen molar-refractivity contribution in [3.63, 3.8) is 0 Å². The smallest absolute Gasteiger partial charge is 0.272 e. The Hall–Kier alpha value is -1.88. The Morgan fingerprint density at radius 1 is 1.21 bits per heavy atom. The third-order valence-electron chi connectivity index (χ3n) is 6.00. The Labute approximate surface area is 141 Å². The molecular formula is C19H24N4O. The highest BCUT2D eigenvalue weighted by molar-refractivity contribution is 6.05. The molecule has 3 heterocycles. The number of nitrogens with zero attached hydrogens (tertiary/aromatic N) is 2. The summed E-state index contributed by atoms with van der Waals surface area (Å²) < 4.78 is 0. The van der Waals surface area contributed by atoms with Crippen LogP contribution < -0.4 is 5.32 Å². The lowest BCUT2D eigenvalue weighted by molar-refractivity contribution is 0.0787. The second-order valence-corrected chi connectivity index (χ2v) is 7.69. The van der Waals surface area contributed by atoms with Gasteiger partial charge in [0.05, 0.1) is 5.52 Å². The van der Waals surface area contributed by atoms with Gasteiger partial charge in [-0.15, -0.1) is 0 Å². The predicted octanol–water partition coefficient (Wildman–Crippen LogP) is 2.80. The van der Waals surface area contributed by atoms with E-state index in [1.54, 1.807) is 0 Å². The first-order valence-electron chi connectivity index (χ1n) is 9.31. The van der Waals surface area contributed by atoms with Crippen molar-refractivity contribution in [2.24, 2.45) is 0 Å². The largest absolute Gasteiger partial charge is 0.347 e.